The van der Waals surface area contributed by atoms with Gasteiger partial charge in [-0.15, -0.1) is 0 Å². The fraction of sp³-hybridized carbons (Fsp3) is 0.160. The summed E-state index contributed by atoms with van der Waals surface area (Å²) in [6.45, 7) is 1.34. The fourth-order valence-electron chi connectivity index (χ4n) is 3.20. The number of methoxy groups -OCH3 is 1. The van der Waals surface area contributed by atoms with Gasteiger partial charge in [0.1, 0.15) is 31.3 Å². The van der Waals surface area contributed by atoms with E-state index in [0.29, 0.717) is 36.9 Å². The van der Waals surface area contributed by atoms with E-state index in [0.717, 1.165) is 27.1 Å². The zero-order chi connectivity index (χ0) is 21.6. The number of hydrogen-bond acceptors (Lipinski definition) is 5. The molecule has 158 valence electrons. The lowest BCUT2D eigenvalue weighted by Crippen LogP contribution is -2.15. The van der Waals surface area contributed by atoms with E-state index in [1.54, 1.807) is 37.5 Å². The van der Waals surface area contributed by atoms with Crippen LogP contribution >= 0.6 is 15.9 Å². The minimum Gasteiger partial charge on any atom is -0.496 e. The summed E-state index contributed by atoms with van der Waals surface area (Å²) in [6.07, 6.45) is 3.33. The summed E-state index contributed by atoms with van der Waals surface area (Å²) in [6, 6.07) is 18.6. The van der Waals surface area contributed by atoms with Gasteiger partial charge in [0.15, 0.2) is 17.3 Å². The molecule has 3 aromatic carbocycles. The van der Waals surface area contributed by atoms with Crippen LogP contribution in [0.2, 0.25) is 0 Å². The minimum absolute atomic E-state index is 0.112. The summed E-state index contributed by atoms with van der Waals surface area (Å²) >= 11 is 3.48. The van der Waals surface area contributed by atoms with Crippen molar-refractivity contribution < 1.29 is 23.7 Å². The zero-order valence-electron chi connectivity index (χ0n) is 17.0. The highest BCUT2D eigenvalue weighted by Crippen LogP contribution is 2.31. The van der Waals surface area contributed by atoms with E-state index in [9.17, 15) is 4.79 Å². The van der Waals surface area contributed by atoms with Crippen LogP contribution in [0.25, 0.3) is 6.08 Å². The van der Waals surface area contributed by atoms with Gasteiger partial charge in [-0.1, -0.05) is 24.3 Å². The lowest BCUT2D eigenvalue weighted by molar-refractivity contribution is 0.104. The third-order valence-corrected chi connectivity index (χ3v) is 5.43. The van der Waals surface area contributed by atoms with Crippen LogP contribution in [0.15, 0.2) is 71.2 Å². The highest BCUT2D eigenvalue weighted by atomic mass is 79.9. The summed E-state index contributed by atoms with van der Waals surface area (Å²) < 4.78 is 23.3. The van der Waals surface area contributed by atoms with Crippen LogP contribution < -0.4 is 18.9 Å². The predicted molar refractivity (Wildman–Crippen MR) is 122 cm³/mol. The molecular weight excluding hydrogens is 460 g/mol. The maximum Gasteiger partial charge on any atom is 0.185 e. The number of carbonyl (C=O) groups is 1. The highest BCUT2D eigenvalue weighted by Gasteiger charge is 2.14. The molecule has 0 saturated heterocycles. The standard InChI is InChI=1S/C25H21BrO5/c1-28-22-10-7-17(14-19(22)16-31-23-5-3-2-4-20(23)26)6-9-21(27)18-8-11-24-25(15-18)30-13-12-29-24/h2-11,14-15H,12-13,16H2,1H3/b9-6+. The lowest BCUT2D eigenvalue weighted by Gasteiger charge is -2.18. The Morgan fingerprint density at radius 2 is 1.81 bits per heavy atom. The number of hydrogen-bond donors (Lipinski definition) is 0. The van der Waals surface area contributed by atoms with Gasteiger partial charge in [-0.25, -0.2) is 0 Å². The molecule has 0 atom stereocenters. The Balaban J connectivity index is 1.49. The van der Waals surface area contributed by atoms with Gasteiger partial charge in [0.05, 0.1) is 11.6 Å². The first-order valence-corrected chi connectivity index (χ1v) is 10.6. The number of carbonyl (C=O) groups excluding carboxylic acids is 1. The Labute approximate surface area is 189 Å². The zero-order valence-corrected chi connectivity index (χ0v) is 18.6. The third-order valence-electron chi connectivity index (χ3n) is 4.78. The van der Waals surface area contributed by atoms with Crippen LogP contribution in [0.3, 0.4) is 0 Å². The first-order valence-electron chi connectivity index (χ1n) is 9.80. The average molecular weight is 481 g/mol. The van der Waals surface area contributed by atoms with Gasteiger partial charge in [-0.3, -0.25) is 4.79 Å². The van der Waals surface area contributed by atoms with Crippen molar-refractivity contribution in [3.05, 3.63) is 87.9 Å². The second kappa shape index (κ2) is 9.71. The normalized spacial score (nSPS) is 12.6. The summed E-state index contributed by atoms with van der Waals surface area (Å²) in [4.78, 5) is 12.6. The molecule has 0 N–H and O–H groups in total. The number of ether oxygens (including phenoxy) is 4. The number of fused-ring (bicyclic) bond motifs is 1. The summed E-state index contributed by atoms with van der Waals surface area (Å²) in [7, 11) is 1.62. The molecule has 1 aliphatic heterocycles. The Morgan fingerprint density at radius 3 is 2.61 bits per heavy atom. The lowest BCUT2D eigenvalue weighted by atomic mass is 10.1. The molecule has 3 aromatic rings. The van der Waals surface area contributed by atoms with Crippen LogP contribution in [0, 0.1) is 0 Å². The van der Waals surface area contributed by atoms with Crippen LogP contribution in [-0.4, -0.2) is 26.1 Å². The van der Waals surface area contributed by atoms with E-state index >= 15 is 0 Å². The molecule has 0 aliphatic carbocycles. The van der Waals surface area contributed by atoms with Gasteiger partial charge in [0.25, 0.3) is 0 Å². The Kier molecular flexibility index (Phi) is 6.57. The average Bonchev–Trinajstić information content (AvgIpc) is 2.81. The molecule has 4 rings (SSSR count). The van der Waals surface area contributed by atoms with Crippen molar-refractivity contribution in [1.82, 2.24) is 0 Å². The molecule has 1 heterocycles. The Bertz CT molecular complexity index is 1120. The van der Waals surface area contributed by atoms with E-state index in [2.05, 4.69) is 15.9 Å². The molecule has 0 unspecified atom stereocenters. The molecule has 0 amide bonds. The maximum absolute atomic E-state index is 12.6. The van der Waals surface area contributed by atoms with E-state index in [-0.39, 0.29) is 5.78 Å². The van der Waals surface area contributed by atoms with Gasteiger partial charge < -0.3 is 18.9 Å². The molecule has 0 saturated carbocycles. The third kappa shape index (κ3) is 5.09. The molecular formula is C25H21BrO5. The monoisotopic (exact) mass is 480 g/mol. The SMILES string of the molecule is COc1ccc(/C=C/C(=O)c2ccc3c(c2)OCCO3)cc1COc1ccccc1Br. The van der Waals surface area contributed by atoms with Crippen molar-refractivity contribution in [3.63, 3.8) is 0 Å². The number of ketones is 1. The van der Waals surface area contributed by atoms with Crippen LogP contribution in [-0.2, 0) is 6.61 Å². The molecule has 6 heteroatoms. The summed E-state index contributed by atoms with van der Waals surface area (Å²) in [5, 5.41) is 0. The van der Waals surface area contributed by atoms with Crippen molar-refractivity contribution in [2.75, 3.05) is 20.3 Å². The molecule has 0 fully saturated rings. The van der Waals surface area contributed by atoms with Gasteiger partial charge in [-0.05, 0) is 70.0 Å². The first-order chi connectivity index (χ1) is 15.1. The van der Waals surface area contributed by atoms with E-state index in [1.165, 1.54) is 0 Å². The van der Waals surface area contributed by atoms with E-state index in [4.69, 9.17) is 18.9 Å². The number of benzene rings is 3. The Morgan fingerprint density at radius 1 is 1.00 bits per heavy atom. The number of halogens is 1. The molecule has 5 nitrogen and oxygen atoms in total. The summed E-state index contributed by atoms with van der Waals surface area (Å²) in [5.74, 6) is 2.62. The molecule has 0 spiro atoms. The number of para-hydroxylation sites is 1. The van der Waals surface area contributed by atoms with Crippen LogP contribution in [0.1, 0.15) is 21.5 Å². The van der Waals surface area contributed by atoms with Crippen molar-refractivity contribution in [2.24, 2.45) is 0 Å². The van der Waals surface area contributed by atoms with Crippen LogP contribution in [0.5, 0.6) is 23.0 Å². The Hall–Kier alpha value is -3.25. The summed E-state index contributed by atoms with van der Waals surface area (Å²) in [5.41, 5.74) is 2.30. The van der Waals surface area contributed by atoms with Gasteiger partial charge >= 0.3 is 0 Å². The first kappa shape index (κ1) is 21.0. The van der Waals surface area contributed by atoms with Crippen molar-refractivity contribution in [2.45, 2.75) is 6.61 Å². The quantitative estimate of drug-likeness (QED) is 0.320. The highest BCUT2D eigenvalue weighted by molar-refractivity contribution is 9.10. The van der Waals surface area contributed by atoms with Crippen molar-refractivity contribution in [3.8, 4) is 23.0 Å². The van der Waals surface area contributed by atoms with E-state index < -0.39 is 0 Å². The van der Waals surface area contributed by atoms with Crippen molar-refractivity contribution >= 4 is 27.8 Å². The molecule has 0 aromatic heterocycles. The minimum atomic E-state index is -0.112. The van der Waals surface area contributed by atoms with Gasteiger partial charge in [-0.2, -0.15) is 0 Å². The molecule has 0 radical (unpaired) electrons. The topological polar surface area (TPSA) is 54.0 Å². The largest absolute Gasteiger partial charge is 0.496 e. The molecule has 1 aliphatic rings. The number of allylic oxidation sites excluding steroid dienone is 1. The predicted octanol–water partition coefficient (Wildman–Crippen LogP) is 5.70. The number of rotatable bonds is 7. The second-order valence-corrected chi connectivity index (χ2v) is 7.70. The van der Waals surface area contributed by atoms with Crippen LogP contribution in [0.4, 0.5) is 0 Å². The van der Waals surface area contributed by atoms with Gasteiger partial charge in [0.2, 0.25) is 0 Å². The van der Waals surface area contributed by atoms with E-state index in [1.807, 2.05) is 42.5 Å². The molecule has 31 heavy (non-hydrogen) atoms. The second-order valence-electron chi connectivity index (χ2n) is 6.85. The maximum atomic E-state index is 12.6. The fourth-order valence-corrected chi connectivity index (χ4v) is 3.60. The van der Waals surface area contributed by atoms with Gasteiger partial charge in [0, 0.05) is 11.1 Å². The smallest absolute Gasteiger partial charge is 0.185 e. The molecule has 0 bridgehead atoms. The van der Waals surface area contributed by atoms with Crippen molar-refractivity contribution in [1.29, 1.82) is 0 Å².